The summed E-state index contributed by atoms with van der Waals surface area (Å²) in [4.78, 5) is 2.29. The van der Waals surface area contributed by atoms with Gasteiger partial charge in [-0.3, -0.25) is 4.90 Å². The van der Waals surface area contributed by atoms with Gasteiger partial charge in [0.2, 0.25) is 0 Å². The molecule has 0 aromatic heterocycles. The van der Waals surface area contributed by atoms with Crippen LogP contribution in [0.1, 0.15) is 0 Å². The van der Waals surface area contributed by atoms with E-state index in [1.165, 1.54) is 0 Å². The number of sulfone groups is 1. The molecule has 1 aromatic rings. The van der Waals surface area contributed by atoms with E-state index in [4.69, 9.17) is 16.3 Å². The van der Waals surface area contributed by atoms with Crippen molar-refractivity contribution in [1.29, 1.82) is 0 Å². The predicted molar refractivity (Wildman–Crippen MR) is 70.5 cm³/mol. The molecule has 0 aliphatic carbocycles. The molecule has 0 bridgehead atoms. The molecule has 1 aliphatic heterocycles. The zero-order valence-electron chi connectivity index (χ0n) is 9.96. The summed E-state index contributed by atoms with van der Waals surface area (Å²) in [6.45, 7) is 3.06. The van der Waals surface area contributed by atoms with Crippen molar-refractivity contribution in [2.75, 3.05) is 32.8 Å². The number of hydrogen-bond donors (Lipinski definition) is 0. The highest BCUT2D eigenvalue weighted by Crippen LogP contribution is 2.19. The second kappa shape index (κ2) is 6.02. The molecule has 1 heterocycles. The lowest BCUT2D eigenvalue weighted by molar-refractivity contribution is 0.0398. The van der Waals surface area contributed by atoms with E-state index in [9.17, 15) is 8.42 Å². The van der Waals surface area contributed by atoms with Crippen LogP contribution in [0, 0.1) is 0 Å². The maximum absolute atomic E-state index is 12.2. The molecule has 0 spiro atoms. The number of nitrogens with zero attached hydrogens (tertiary/aromatic N) is 1. The average Bonchev–Trinajstić information content (AvgIpc) is 2.41. The van der Waals surface area contributed by atoms with Crippen molar-refractivity contribution in [3.8, 4) is 0 Å². The predicted octanol–water partition coefficient (Wildman–Crippen LogP) is 1.36. The van der Waals surface area contributed by atoms with E-state index >= 15 is 0 Å². The summed E-state index contributed by atoms with van der Waals surface area (Å²) in [5.41, 5.74) is 0. The van der Waals surface area contributed by atoms with Gasteiger partial charge in [0.05, 0.1) is 18.1 Å². The van der Waals surface area contributed by atoms with Crippen LogP contribution in [0.25, 0.3) is 0 Å². The molecule has 1 aliphatic rings. The number of benzene rings is 1. The molecule has 0 radical (unpaired) electrons. The minimum atomic E-state index is -3.46. The van der Waals surface area contributed by atoms with Crippen LogP contribution in [0.5, 0.6) is 0 Å². The highest BCUT2D eigenvalue weighted by atomic mass is 35.5. The fourth-order valence-electron chi connectivity index (χ4n) is 1.84. The van der Waals surface area contributed by atoms with Gasteiger partial charge in [0.1, 0.15) is 0 Å². The SMILES string of the molecule is O=S(=O)(c1ccccc1)[C@H](Cl)CN1CCOCC1. The Morgan fingerprint density at radius 3 is 2.44 bits per heavy atom. The van der Waals surface area contributed by atoms with E-state index in [0.29, 0.717) is 19.8 Å². The number of halogens is 1. The zero-order chi connectivity index (χ0) is 13.0. The summed E-state index contributed by atoms with van der Waals surface area (Å²) in [6.07, 6.45) is 0. The number of morpholine rings is 1. The lowest BCUT2D eigenvalue weighted by Crippen LogP contribution is -2.41. The van der Waals surface area contributed by atoms with E-state index < -0.39 is 14.5 Å². The van der Waals surface area contributed by atoms with Crippen molar-refractivity contribution in [1.82, 2.24) is 4.90 Å². The molecule has 0 saturated carbocycles. The lowest BCUT2D eigenvalue weighted by atomic mass is 10.4. The van der Waals surface area contributed by atoms with Crippen molar-refractivity contribution in [3.63, 3.8) is 0 Å². The van der Waals surface area contributed by atoms with E-state index in [1.54, 1.807) is 30.3 Å². The van der Waals surface area contributed by atoms with Gasteiger partial charge in [0, 0.05) is 19.6 Å². The Labute approximate surface area is 112 Å². The summed E-state index contributed by atoms with van der Waals surface area (Å²) < 4.78 is 28.7. The van der Waals surface area contributed by atoms with Crippen LogP contribution < -0.4 is 0 Å². The Balaban J connectivity index is 2.05. The van der Waals surface area contributed by atoms with Crippen LogP contribution in [-0.2, 0) is 14.6 Å². The van der Waals surface area contributed by atoms with Crippen molar-refractivity contribution in [3.05, 3.63) is 30.3 Å². The number of alkyl halides is 1. The Hall–Kier alpha value is -0.620. The van der Waals surface area contributed by atoms with Crippen LogP contribution in [0.3, 0.4) is 0 Å². The van der Waals surface area contributed by atoms with Crippen molar-refractivity contribution in [2.45, 2.75) is 9.60 Å². The first-order valence-corrected chi connectivity index (χ1v) is 7.82. The Bertz CT molecular complexity index is 471. The summed E-state index contributed by atoms with van der Waals surface area (Å²) >= 11 is 6.07. The van der Waals surface area contributed by atoms with Gasteiger partial charge in [-0.2, -0.15) is 0 Å². The highest BCUT2D eigenvalue weighted by Gasteiger charge is 2.27. The first-order chi connectivity index (χ1) is 8.60. The third kappa shape index (κ3) is 3.23. The Morgan fingerprint density at radius 1 is 1.22 bits per heavy atom. The molecule has 4 nitrogen and oxygen atoms in total. The summed E-state index contributed by atoms with van der Waals surface area (Å²) in [5.74, 6) is 0. The zero-order valence-corrected chi connectivity index (χ0v) is 11.5. The Kier molecular flexibility index (Phi) is 4.61. The van der Waals surface area contributed by atoms with Crippen LogP contribution in [0.2, 0.25) is 0 Å². The van der Waals surface area contributed by atoms with E-state index in [-0.39, 0.29) is 4.90 Å². The second-order valence-corrected chi connectivity index (χ2v) is 7.10. The topological polar surface area (TPSA) is 46.6 Å². The standard InChI is InChI=1S/C12H16ClNO3S/c13-12(10-14-6-8-17-9-7-14)18(15,16)11-4-2-1-3-5-11/h1-5,12H,6-10H2/t12-/m0/s1. The van der Waals surface area contributed by atoms with E-state index in [0.717, 1.165) is 13.1 Å². The molecule has 1 saturated heterocycles. The quantitative estimate of drug-likeness (QED) is 0.785. The molecule has 100 valence electrons. The van der Waals surface area contributed by atoms with Crippen molar-refractivity contribution < 1.29 is 13.2 Å². The maximum atomic E-state index is 12.2. The second-order valence-electron chi connectivity index (χ2n) is 4.18. The van der Waals surface area contributed by atoms with Gasteiger partial charge in [-0.25, -0.2) is 8.42 Å². The summed E-state index contributed by atoms with van der Waals surface area (Å²) in [6, 6.07) is 8.33. The van der Waals surface area contributed by atoms with E-state index in [1.807, 2.05) is 4.90 Å². The maximum Gasteiger partial charge on any atom is 0.196 e. The molecule has 0 amide bonds. The summed E-state index contributed by atoms with van der Waals surface area (Å²) in [7, 11) is -3.46. The average molecular weight is 290 g/mol. The van der Waals surface area contributed by atoms with Crippen molar-refractivity contribution in [2.24, 2.45) is 0 Å². The highest BCUT2D eigenvalue weighted by molar-refractivity contribution is 7.93. The molecule has 1 atom stereocenters. The number of rotatable bonds is 4. The Morgan fingerprint density at radius 2 is 1.83 bits per heavy atom. The fraction of sp³-hybridized carbons (Fsp3) is 0.500. The smallest absolute Gasteiger partial charge is 0.196 e. The van der Waals surface area contributed by atoms with E-state index in [2.05, 4.69) is 0 Å². The number of hydrogen-bond acceptors (Lipinski definition) is 4. The molecule has 0 unspecified atom stereocenters. The fourth-order valence-corrected chi connectivity index (χ4v) is 3.59. The van der Waals surface area contributed by atoms with Crippen LogP contribution >= 0.6 is 11.6 Å². The summed E-state index contributed by atoms with van der Waals surface area (Å²) in [5, 5.41) is 0. The van der Waals surface area contributed by atoms with Gasteiger partial charge in [-0.15, -0.1) is 11.6 Å². The lowest BCUT2D eigenvalue weighted by Gasteiger charge is -2.28. The van der Waals surface area contributed by atoms with Gasteiger partial charge >= 0.3 is 0 Å². The minimum Gasteiger partial charge on any atom is -0.379 e. The monoisotopic (exact) mass is 289 g/mol. The van der Waals surface area contributed by atoms with Crippen LogP contribution in [0.4, 0.5) is 0 Å². The van der Waals surface area contributed by atoms with Gasteiger partial charge in [0.15, 0.2) is 14.5 Å². The third-order valence-corrected chi connectivity index (χ3v) is 5.51. The minimum absolute atomic E-state index is 0.276. The molecular formula is C12H16ClNO3S. The molecule has 1 aromatic carbocycles. The van der Waals surface area contributed by atoms with Gasteiger partial charge in [0.25, 0.3) is 0 Å². The van der Waals surface area contributed by atoms with Crippen molar-refractivity contribution >= 4 is 21.4 Å². The molecule has 18 heavy (non-hydrogen) atoms. The first-order valence-electron chi connectivity index (χ1n) is 5.84. The molecular weight excluding hydrogens is 274 g/mol. The third-order valence-electron chi connectivity index (χ3n) is 2.91. The first kappa shape index (κ1) is 13.8. The van der Waals surface area contributed by atoms with Crippen LogP contribution in [-0.4, -0.2) is 50.9 Å². The van der Waals surface area contributed by atoms with Gasteiger partial charge in [-0.05, 0) is 12.1 Å². The molecule has 0 N–H and O–H groups in total. The molecule has 2 rings (SSSR count). The largest absolute Gasteiger partial charge is 0.379 e. The van der Waals surface area contributed by atoms with Gasteiger partial charge in [-0.1, -0.05) is 18.2 Å². The number of ether oxygens (including phenoxy) is 1. The normalized spacial score (nSPS) is 19.6. The van der Waals surface area contributed by atoms with Gasteiger partial charge < -0.3 is 4.74 Å². The molecule has 6 heteroatoms. The molecule has 1 fully saturated rings. The van der Waals surface area contributed by atoms with Crippen LogP contribution in [0.15, 0.2) is 35.2 Å².